The maximum atomic E-state index is 14.3. The Bertz CT molecular complexity index is 1410. The standard InChI is InChI=1S/C34H48N6O6/c1-22-18-40(23(2)21-41)33(42)29-17-28(36-34(43)37-32-25(4)38-46-26(32)5)10-11-30(29)45-24(3)9-7-8-16-44-31(22)20-39(6)19-27-12-14-35-15-13-27/h10-15,17,22-24,31,41H,7-9,16,18-21H2,1-6H3,(H2,36,37,43)/t22-,23+,24+,31+/m1/s1. The molecule has 0 saturated heterocycles. The molecule has 3 aromatic rings. The lowest BCUT2D eigenvalue weighted by molar-refractivity contribution is -0.0177. The first-order valence-corrected chi connectivity index (χ1v) is 16.0. The quantitative estimate of drug-likeness (QED) is 0.302. The molecule has 0 fully saturated rings. The SMILES string of the molecule is Cc1noc(C)c1NC(=O)Nc1ccc2c(c1)C(=O)N([C@@H](C)CO)C[C@@H](C)[C@H](CN(C)Cc1ccncc1)OCCCC[C@H](C)O2. The van der Waals surface area contributed by atoms with Gasteiger partial charge < -0.3 is 34.6 Å². The monoisotopic (exact) mass is 636 g/mol. The molecule has 1 aromatic carbocycles. The van der Waals surface area contributed by atoms with E-state index in [9.17, 15) is 14.7 Å². The summed E-state index contributed by atoms with van der Waals surface area (Å²) >= 11 is 0. The number of hydrogen-bond donors (Lipinski definition) is 3. The summed E-state index contributed by atoms with van der Waals surface area (Å²) in [5.41, 5.74) is 2.93. The van der Waals surface area contributed by atoms with Crippen LogP contribution in [0, 0.1) is 19.8 Å². The van der Waals surface area contributed by atoms with Gasteiger partial charge in [-0.3, -0.25) is 14.7 Å². The molecule has 3 heterocycles. The average Bonchev–Trinajstić information content (AvgIpc) is 3.34. The van der Waals surface area contributed by atoms with Crippen LogP contribution in [-0.2, 0) is 11.3 Å². The molecular weight excluding hydrogens is 588 g/mol. The molecule has 4 rings (SSSR count). The highest BCUT2D eigenvalue weighted by atomic mass is 16.5. The minimum Gasteiger partial charge on any atom is -0.490 e. The van der Waals surface area contributed by atoms with E-state index in [1.807, 2.05) is 26.0 Å². The number of anilines is 2. The number of aromatic nitrogens is 2. The van der Waals surface area contributed by atoms with Crippen LogP contribution in [0.25, 0.3) is 0 Å². The van der Waals surface area contributed by atoms with Gasteiger partial charge in [-0.05, 0) is 89.9 Å². The Morgan fingerprint density at radius 2 is 1.91 bits per heavy atom. The summed E-state index contributed by atoms with van der Waals surface area (Å²) in [5, 5.41) is 19.7. The first kappa shape index (κ1) is 34.9. The van der Waals surface area contributed by atoms with Crippen molar-refractivity contribution in [2.45, 2.75) is 78.7 Å². The van der Waals surface area contributed by atoms with E-state index >= 15 is 0 Å². The number of benzene rings is 1. The van der Waals surface area contributed by atoms with Crippen LogP contribution in [0.4, 0.5) is 16.2 Å². The summed E-state index contributed by atoms with van der Waals surface area (Å²) in [6.45, 7) is 11.5. The number of aliphatic hydroxyl groups is 1. The highest BCUT2D eigenvalue weighted by Crippen LogP contribution is 2.29. The van der Waals surface area contributed by atoms with Crippen molar-refractivity contribution in [1.82, 2.24) is 19.9 Å². The van der Waals surface area contributed by atoms with Crippen molar-refractivity contribution in [3.05, 3.63) is 65.3 Å². The smallest absolute Gasteiger partial charge is 0.323 e. The summed E-state index contributed by atoms with van der Waals surface area (Å²) in [4.78, 5) is 35.2. The van der Waals surface area contributed by atoms with Crippen LogP contribution in [0.15, 0.2) is 47.2 Å². The van der Waals surface area contributed by atoms with Crippen molar-refractivity contribution in [2.75, 3.05) is 44.0 Å². The number of aliphatic hydroxyl groups excluding tert-OH is 1. The fourth-order valence-corrected chi connectivity index (χ4v) is 5.57. The molecule has 1 aliphatic rings. The maximum Gasteiger partial charge on any atom is 0.323 e. The zero-order valence-corrected chi connectivity index (χ0v) is 27.8. The predicted octanol–water partition coefficient (Wildman–Crippen LogP) is 5.26. The fraction of sp³-hybridized carbons (Fsp3) is 0.529. The van der Waals surface area contributed by atoms with Gasteiger partial charge in [-0.25, -0.2) is 4.79 Å². The Balaban J connectivity index is 1.60. The summed E-state index contributed by atoms with van der Waals surface area (Å²) < 4.78 is 17.9. The van der Waals surface area contributed by atoms with E-state index in [-0.39, 0.29) is 30.6 Å². The van der Waals surface area contributed by atoms with Crippen LogP contribution in [0.5, 0.6) is 5.75 Å². The van der Waals surface area contributed by atoms with Gasteiger partial charge in [0.05, 0.1) is 30.4 Å². The summed E-state index contributed by atoms with van der Waals surface area (Å²) in [7, 11) is 2.06. The highest BCUT2D eigenvalue weighted by molar-refractivity contribution is 6.03. The number of hydrogen-bond acceptors (Lipinski definition) is 9. The maximum absolute atomic E-state index is 14.3. The van der Waals surface area contributed by atoms with E-state index in [2.05, 4.69) is 39.6 Å². The molecule has 2 aromatic heterocycles. The number of nitrogens with zero attached hydrogens (tertiary/aromatic N) is 4. The Morgan fingerprint density at radius 3 is 2.61 bits per heavy atom. The van der Waals surface area contributed by atoms with E-state index in [0.29, 0.717) is 53.8 Å². The number of ether oxygens (including phenoxy) is 2. The first-order valence-electron chi connectivity index (χ1n) is 16.0. The van der Waals surface area contributed by atoms with Gasteiger partial charge in [0.25, 0.3) is 5.91 Å². The topological polar surface area (TPSA) is 142 Å². The van der Waals surface area contributed by atoms with Crippen molar-refractivity contribution < 1.29 is 28.7 Å². The lowest BCUT2D eigenvalue weighted by Gasteiger charge is -2.36. The number of carbonyl (C=O) groups is 2. The lowest BCUT2D eigenvalue weighted by Crippen LogP contribution is -2.47. The van der Waals surface area contributed by atoms with Crippen molar-refractivity contribution >= 4 is 23.3 Å². The number of likely N-dealkylation sites (N-methyl/N-ethyl adjacent to an activating group) is 1. The average molecular weight is 637 g/mol. The number of rotatable bonds is 8. The van der Waals surface area contributed by atoms with Crippen molar-refractivity contribution in [2.24, 2.45) is 5.92 Å². The normalized spacial score (nSPS) is 20.4. The van der Waals surface area contributed by atoms with Crippen LogP contribution in [-0.4, -0.2) is 88.6 Å². The van der Waals surface area contributed by atoms with E-state index in [1.165, 1.54) is 0 Å². The van der Waals surface area contributed by atoms with Gasteiger partial charge >= 0.3 is 6.03 Å². The summed E-state index contributed by atoms with van der Waals surface area (Å²) in [6, 6.07) is 8.08. The van der Waals surface area contributed by atoms with Crippen molar-refractivity contribution in [1.29, 1.82) is 0 Å². The second-order valence-electron chi connectivity index (χ2n) is 12.3. The number of pyridine rings is 1. The predicted molar refractivity (Wildman–Crippen MR) is 176 cm³/mol. The van der Waals surface area contributed by atoms with Gasteiger partial charge in [-0.2, -0.15) is 0 Å². The third-order valence-electron chi connectivity index (χ3n) is 8.27. The molecule has 0 aliphatic carbocycles. The molecule has 12 nitrogen and oxygen atoms in total. The number of amides is 3. The second-order valence-corrected chi connectivity index (χ2v) is 12.3. The first-order chi connectivity index (χ1) is 22.0. The zero-order valence-electron chi connectivity index (χ0n) is 27.8. The van der Waals surface area contributed by atoms with Crippen molar-refractivity contribution in [3.8, 4) is 5.75 Å². The highest BCUT2D eigenvalue weighted by Gasteiger charge is 2.30. The summed E-state index contributed by atoms with van der Waals surface area (Å²) in [6.07, 6.45) is 5.86. The van der Waals surface area contributed by atoms with Crippen LogP contribution in [0.3, 0.4) is 0 Å². The Kier molecular flexibility index (Phi) is 12.5. The van der Waals surface area contributed by atoms with Gasteiger partial charge in [0.2, 0.25) is 0 Å². The molecule has 0 radical (unpaired) electrons. The third-order valence-corrected chi connectivity index (χ3v) is 8.27. The largest absolute Gasteiger partial charge is 0.490 e. The Hall–Kier alpha value is -4.00. The van der Waals surface area contributed by atoms with Crippen LogP contribution in [0.2, 0.25) is 0 Å². The summed E-state index contributed by atoms with van der Waals surface area (Å²) in [5.74, 6) is 0.569. The molecule has 1 aliphatic heterocycles. The fourth-order valence-electron chi connectivity index (χ4n) is 5.57. The number of carbonyl (C=O) groups excluding carboxylic acids is 2. The molecule has 46 heavy (non-hydrogen) atoms. The minimum absolute atomic E-state index is 0.0498. The zero-order chi connectivity index (χ0) is 33.2. The second kappa shape index (κ2) is 16.5. The van der Waals surface area contributed by atoms with Crippen LogP contribution < -0.4 is 15.4 Å². The van der Waals surface area contributed by atoms with Gasteiger partial charge in [0, 0.05) is 50.2 Å². The van der Waals surface area contributed by atoms with Crippen LogP contribution in [0.1, 0.15) is 67.4 Å². The molecule has 0 bridgehead atoms. The van der Waals surface area contributed by atoms with E-state index in [1.54, 1.807) is 49.3 Å². The van der Waals surface area contributed by atoms with Crippen LogP contribution >= 0.6 is 0 Å². The van der Waals surface area contributed by atoms with Gasteiger partial charge in [0.15, 0.2) is 5.76 Å². The molecule has 3 amide bonds. The molecular formula is C34H48N6O6. The number of urea groups is 1. The van der Waals surface area contributed by atoms with Gasteiger partial charge in [-0.15, -0.1) is 0 Å². The van der Waals surface area contributed by atoms with E-state index in [4.69, 9.17) is 14.0 Å². The number of nitrogens with one attached hydrogen (secondary N) is 2. The van der Waals surface area contributed by atoms with E-state index < -0.39 is 12.1 Å². The Labute approximate surface area is 271 Å². The Morgan fingerprint density at radius 1 is 1.15 bits per heavy atom. The molecule has 250 valence electrons. The lowest BCUT2D eigenvalue weighted by atomic mass is 10.0. The molecule has 3 N–H and O–H groups in total. The number of aryl methyl sites for hydroxylation is 2. The molecule has 0 saturated carbocycles. The molecule has 12 heteroatoms. The third kappa shape index (κ3) is 9.51. The number of fused-ring (bicyclic) bond motifs is 1. The molecule has 4 atom stereocenters. The van der Waals surface area contributed by atoms with Crippen molar-refractivity contribution in [3.63, 3.8) is 0 Å². The van der Waals surface area contributed by atoms with Gasteiger partial charge in [0.1, 0.15) is 17.1 Å². The van der Waals surface area contributed by atoms with E-state index in [0.717, 1.165) is 31.4 Å². The molecule has 0 unspecified atom stereocenters. The molecule has 0 spiro atoms. The minimum atomic E-state index is -0.498. The van der Waals surface area contributed by atoms with Gasteiger partial charge in [-0.1, -0.05) is 12.1 Å².